The molecule has 0 saturated carbocycles. The van der Waals surface area contributed by atoms with E-state index in [1.807, 2.05) is 23.1 Å². The molecule has 0 amide bonds. The van der Waals surface area contributed by atoms with Gasteiger partial charge in [0.1, 0.15) is 12.1 Å². The van der Waals surface area contributed by atoms with Gasteiger partial charge in [0.15, 0.2) is 16.6 Å². The van der Waals surface area contributed by atoms with Crippen molar-refractivity contribution in [1.29, 1.82) is 0 Å². The number of nitrogens with one attached hydrogen (secondary N) is 1. The molecule has 2 heterocycles. The maximum absolute atomic E-state index is 11.8. The molecular formula is C11H12ClN2O2S2+. The van der Waals surface area contributed by atoms with Crippen molar-refractivity contribution in [2.45, 2.75) is 12.1 Å². The molecule has 3 rings (SSSR count). The van der Waals surface area contributed by atoms with Crippen molar-refractivity contribution in [2.24, 2.45) is 0 Å². The Hall–Kier alpha value is -0.690. The molecule has 2 saturated heterocycles. The number of benzene rings is 1. The summed E-state index contributed by atoms with van der Waals surface area (Å²) in [4.78, 5) is 1.87. The van der Waals surface area contributed by atoms with Gasteiger partial charge in [-0.3, -0.25) is 0 Å². The first-order valence-corrected chi connectivity index (χ1v) is 8.18. The van der Waals surface area contributed by atoms with Crippen LogP contribution in [0.2, 0.25) is 5.02 Å². The SMILES string of the molecule is O=[S+]1(O)C[C@@H]2NC(=S)N(c3ccccc3Cl)[C@@H]2C1. The highest BCUT2D eigenvalue weighted by atomic mass is 35.5. The third-order valence-electron chi connectivity index (χ3n) is 3.31. The van der Waals surface area contributed by atoms with Crippen molar-refractivity contribution < 1.29 is 8.76 Å². The van der Waals surface area contributed by atoms with E-state index >= 15 is 0 Å². The lowest BCUT2D eigenvalue weighted by atomic mass is 10.1. The summed E-state index contributed by atoms with van der Waals surface area (Å²) in [5, 5.41) is 4.28. The van der Waals surface area contributed by atoms with Crippen LogP contribution in [0.4, 0.5) is 5.69 Å². The molecule has 4 nitrogen and oxygen atoms in total. The van der Waals surface area contributed by atoms with Crippen LogP contribution in [0.5, 0.6) is 0 Å². The maximum atomic E-state index is 11.8. The molecule has 0 aliphatic carbocycles. The third kappa shape index (κ3) is 1.93. The average molecular weight is 304 g/mol. The largest absolute Gasteiger partial charge is 0.352 e. The van der Waals surface area contributed by atoms with Gasteiger partial charge in [-0.15, -0.1) is 0 Å². The summed E-state index contributed by atoms with van der Waals surface area (Å²) in [5.74, 6) is 0.481. The molecular weight excluding hydrogens is 292 g/mol. The second-order valence-electron chi connectivity index (χ2n) is 4.55. The van der Waals surface area contributed by atoms with Gasteiger partial charge in [0, 0.05) is 0 Å². The normalized spacial score (nSPS) is 34.6. The zero-order chi connectivity index (χ0) is 12.9. The Morgan fingerprint density at radius 3 is 2.89 bits per heavy atom. The van der Waals surface area contributed by atoms with Crippen LogP contribution in [0, 0.1) is 0 Å². The number of halogens is 1. The number of hydrogen-bond donors (Lipinski definition) is 2. The highest BCUT2D eigenvalue weighted by Gasteiger charge is 2.54. The number of thiocarbonyl (C=S) groups is 1. The third-order valence-corrected chi connectivity index (χ3v) is 5.68. The smallest absolute Gasteiger partial charge is 0.218 e. The van der Waals surface area contributed by atoms with E-state index < -0.39 is 10.2 Å². The Bertz CT molecular complexity index is 566. The van der Waals surface area contributed by atoms with Crippen LogP contribution in [0.25, 0.3) is 0 Å². The predicted molar refractivity (Wildman–Crippen MR) is 77.7 cm³/mol. The van der Waals surface area contributed by atoms with E-state index in [-0.39, 0.29) is 23.6 Å². The Kier molecular flexibility index (Phi) is 2.85. The molecule has 0 radical (unpaired) electrons. The van der Waals surface area contributed by atoms with Gasteiger partial charge in [0.2, 0.25) is 10.2 Å². The summed E-state index contributed by atoms with van der Waals surface area (Å²) < 4.78 is 21.5. The highest BCUT2D eigenvalue weighted by molar-refractivity contribution is 7.98. The average Bonchev–Trinajstić information content (AvgIpc) is 2.70. The van der Waals surface area contributed by atoms with Gasteiger partial charge in [0.25, 0.3) is 0 Å². The van der Waals surface area contributed by atoms with Crippen LogP contribution in [-0.4, -0.2) is 33.3 Å². The number of nitrogens with zero attached hydrogens (tertiary/aromatic N) is 1. The minimum Gasteiger partial charge on any atom is -0.352 e. The molecule has 1 unspecified atom stereocenters. The minimum atomic E-state index is -2.74. The fourth-order valence-electron chi connectivity index (χ4n) is 2.55. The van der Waals surface area contributed by atoms with E-state index in [4.69, 9.17) is 23.8 Å². The number of hydrogen-bond acceptors (Lipinski definition) is 2. The molecule has 2 aliphatic rings. The van der Waals surface area contributed by atoms with E-state index in [9.17, 15) is 8.76 Å². The van der Waals surface area contributed by atoms with E-state index in [2.05, 4.69) is 5.32 Å². The predicted octanol–water partition coefficient (Wildman–Crippen LogP) is 1.76. The van der Waals surface area contributed by atoms with Gasteiger partial charge >= 0.3 is 0 Å². The van der Waals surface area contributed by atoms with Crippen LogP contribution in [0.3, 0.4) is 0 Å². The lowest BCUT2D eigenvalue weighted by Gasteiger charge is -2.23. The van der Waals surface area contributed by atoms with Crippen molar-refractivity contribution in [3.63, 3.8) is 0 Å². The first-order chi connectivity index (χ1) is 8.48. The summed E-state index contributed by atoms with van der Waals surface area (Å²) in [6.07, 6.45) is 0. The molecule has 96 valence electrons. The van der Waals surface area contributed by atoms with Crippen molar-refractivity contribution in [2.75, 3.05) is 16.4 Å². The molecule has 0 spiro atoms. The molecule has 1 aromatic rings. The number of rotatable bonds is 1. The van der Waals surface area contributed by atoms with Crippen LogP contribution >= 0.6 is 23.8 Å². The summed E-state index contributed by atoms with van der Waals surface area (Å²) >= 11 is 11.5. The fourth-order valence-corrected chi connectivity index (χ4v) is 5.08. The molecule has 2 aliphatic heterocycles. The van der Waals surface area contributed by atoms with Gasteiger partial charge in [-0.1, -0.05) is 27.9 Å². The van der Waals surface area contributed by atoms with Crippen LogP contribution in [-0.2, 0) is 14.4 Å². The molecule has 7 heteroatoms. The van der Waals surface area contributed by atoms with Gasteiger partial charge in [-0.05, 0) is 24.4 Å². The fraction of sp³-hybridized carbons (Fsp3) is 0.364. The van der Waals surface area contributed by atoms with Gasteiger partial charge < -0.3 is 10.2 Å². The van der Waals surface area contributed by atoms with Crippen LogP contribution < -0.4 is 10.2 Å². The molecule has 2 fully saturated rings. The monoisotopic (exact) mass is 303 g/mol. The Morgan fingerprint density at radius 2 is 2.17 bits per heavy atom. The molecule has 18 heavy (non-hydrogen) atoms. The van der Waals surface area contributed by atoms with E-state index in [1.165, 1.54) is 0 Å². The molecule has 0 aromatic heterocycles. The van der Waals surface area contributed by atoms with Crippen molar-refractivity contribution >= 4 is 44.8 Å². The van der Waals surface area contributed by atoms with Crippen LogP contribution in [0.1, 0.15) is 0 Å². The second kappa shape index (κ2) is 4.16. The standard InChI is InChI=1S/C11H11ClN2O2S2/c12-7-3-1-2-4-9(7)14-10-6-18(15,16)5-8(10)13-11(14)17/h1-4,8,10H,5-6H2,(H-,13,15,16,17)/p+1/t8-,10+/m0/s1. The summed E-state index contributed by atoms with van der Waals surface area (Å²) in [6, 6.07) is 7.23. The number of anilines is 1. The van der Waals surface area contributed by atoms with Gasteiger partial charge in [-0.25, -0.2) is 0 Å². The lowest BCUT2D eigenvalue weighted by Crippen LogP contribution is -2.37. The second-order valence-corrected chi connectivity index (χ2v) is 7.56. The zero-order valence-corrected chi connectivity index (χ0v) is 11.8. The first-order valence-electron chi connectivity index (χ1n) is 5.54. The Morgan fingerprint density at radius 1 is 1.44 bits per heavy atom. The first kappa shape index (κ1) is 12.3. The molecule has 0 bridgehead atoms. The lowest BCUT2D eigenvalue weighted by molar-refractivity contribution is 0.502. The topological polar surface area (TPSA) is 52.6 Å². The number of para-hydroxylation sites is 1. The van der Waals surface area contributed by atoms with Crippen molar-refractivity contribution in [1.82, 2.24) is 5.32 Å². The Labute approximate surface area is 117 Å². The Balaban J connectivity index is 2.00. The number of fused-ring (bicyclic) bond motifs is 1. The minimum absolute atomic E-state index is 0.0636. The molecule has 3 atom stereocenters. The van der Waals surface area contributed by atoms with Crippen molar-refractivity contribution in [3.05, 3.63) is 29.3 Å². The van der Waals surface area contributed by atoms with E-state index in [0.29, 0.717) is 10.1 Å². The molecule has 2 N–H and O–H groups in total. The summed E-state index contributed by atoms with van der Waals surface area (Å²) in [6.45, 7) is 0. The van der Waals surface area contributed by atoms with Crippen LogP contribution in [0.15, 0.2) is 24.3 Å². The highest BCUT2D eigenvalue weighted by Crippen LogP contribution is 2.35. The summed E-state index contributed by atoms with van der Waals surface area (Å²) in [7, 11) is -2.74. The summed E-state index contributed by atoms with van der Waals surface area (Å²) in [5.41, 5.74) is 0.793. The van der Waals surface area contributed by atoms with E-state index in [1.54, 1.807) is 6.07 Å². The van der Waals surface area contributed by atoms with Gasteiger partial charge in [-0.2, -0.15) is 4.55 Å². The zero-order valence-electron chi connectivity index (χ0n) is 9.38. The van der Waals surface area contributed by atoms with E-state index in [0.717, 1.165) is 5.69 Å². The maximum Gasteiger partial charge on any atom is 0.218 e. The van der Waals surface area contributed by atoms with Crippen molar-refractivity contribution in [3.8, 4) is 0 Å². The van der Waals surface area contributed by atoms with Gasteiger partial charge in [0.05, 0.1) is 10.7 Å². The molecule has 1 aromatic carbocycles. The quantitative estimate of drug-likeness (QED) is 0.611.